The summed E-state index contributed by atoms with van der Waals surface area (Å²) in [5.41, 5.74) is 0. The van der Waals surface area contributed by atoms with E-state index in [2.05, 4.69) is 0 Å². The van der Waals surface area contributed by atoms with Crippen molar-refractivity contribution in [2.75, 3.05) is 0 Å². The Morgan fingerprint density at radius 2 is 1.12 bits per heavy atom. The van der Waals surface area contributed by atoms with Gasteiger partial charge in [-0.25, -0.2) is 0 Å². The van der Waals surface area contributed by atoms with Crippen LogP contribution in [0.1, 0.15) is 0 Å². The molecule has 0 radical (unpaired) electrons. The molecule has 8 heavy (non-hydrogen) atoms. The quantitative estimate of drug-likeness (QED) is 0.219. The van der Waals surface area contributed by atoms with Gasteiger partial charge in [-0.3, -0.25) is 8.42 Å². The first-order chi connectivity index (χ1) is 2.00. The first-order valence-corrected chi connectivity index (χ1v) is 2.00. The van der Waals surface area contributed by atoms with E-state index in [1.807, 2.05) is 0 Å². The van der Waals surface area contributed by atoms with Gasteiger partial charge in [-0.05, 0) is 0 Å². The van der Waals surface area contributed by atoms with E-state index in [1.54, 1.807) is 0 Å². The average molecular weight is 180 g/mol. The summed E-state index contributed by atoms with van der Waals surface area (Å²) in [6.07, 6.45) is 0. The standard InChI is InChI=1S/Ca.Mg.H2O4S.H2O.2H/c;;1-5(2,3)4;;;/h;;(H2,1,2,3,4);1H2;;/q;+2;;;;/p-2. The van der Waals surface area contributed by atoms with E-state index >= 15 is 0 Å². The van der Waals surface area contributed by atoms with Crippen LogP contribution < -0.4 is 0 Å². The molecule has 0 amide bonds. The molecule has 0 heterocycles. The van der Waals surface area contributed by atoms with E-state index in [1.165, 1.54) is 0 Å². The van der Waals surface area contributed by atoms with Gasteiger partial charge in [-0.1, -0.05) is 0 Å². The molecule has 2 N–H and O–H groups in total. The molecule has 0 saturated carbocycles. The maximum absolute atomic E-state index is 8.52. The van der Waals surface area contributed by atoms with Gasteiger partial charge in [0.2, 0.25) is 0 Å². The van der Waals surface area contributed by atoms with Crippen molar-refractivity contribution in [3.63, 3.8) is 0 Å². The minimum Gasteiger partial charge on any atom is 2.00 e. The van der Waals surface area contributed by atoms with Crippen LogP contribution in [0, 0.1) is 0 Å². The van der Waals surface area contributed by atoms with Gasteiger partial charge in [0.15, 0.2) is 0 Å². The zero-order chi connectivity index (χ0) is 4.50. The van der Waals surface area contributed by atoms with E-state index < -0.39 is 10.4 Å². The molecule has 0 atom stereocenters. The molecule has 0 aromatic rings. The van der Waals surface area contributed by atoms with E-state index in [9.17, 15) is 0 Å². The Hall–Kier alpha value is 1.86. The maximum Gasteiger partial charge on any atom is 2.00 e. The van der Waals surface area contributed by atoms with Crippen molar-refractivity contribution in [1.82, 2.24) is 0 Å². The fraction of sp³-hybridized carbons (Fsp3) is 0. The Labute approximate surface area is 92.9 Å². The van der Waals surface area contributed by atoms with Crippen molar-refractivity contribution < 1.29 is 23.0 Å². The summed E-state index contributed by atoms with van der Waals surface area (Å²) in [5, 5.41) is 0. The molecule has 0 bridgehead atoms. The van der Waals surface area contributed by atoms with Crippen molar-refractivity contribution in [3.05, 3.63) is 0 Å². The zero-order valence-electron chi connectivity index (χ0n) is 3.25. The summed E-state index contributed by atoms with van der Waals surface area (Å²) in [6, 6.07) is 0. The van der Waals surface area contributed by atoms with Gasteiger partial charge in [0.05, 0.1) is 0 Å². The first-order valence-electron chi connectivity index (χ1n) is 0.667. The molecule has 0 saturated heterocycles. The van der Waals surface area contributed by atoms with Crippen molar-refractivity contribution >= 4 is 71.2 Å². The van der Waals surface area contributed by atoms with E-state index in [4.69, 9.17) is 17.5 Å². The Kier molecular flexibility index (Phi) is 25.0. The minimum absolute atomic E-state index is 0. The molecule has 0 aromatic heterocycles. The van der Waals surface area contributed by atoms with Gasteiger partial charge >= 0.3 is 60.8 Å². The van der Waals surface area contributed by atoms with Crippen LogP contribution in [-0.2, 0) is 10.4 Å². The predicted octanol–water partition coefficient (Wildman–Crippen LogP) is -3.46. The van der Waals surface area contributed by atoms with E-state index in [0.717, 1.165) is 0 Å². The van der Waals surface area contributed by atoms with Crippen LogP contribution in [0.25, 0.3) is 0 Å². The predicted molar refractivity (Wildman–Crippen MR) is 28.4 cm³/mol. The molecule has 44 valence electrons. The molecule has 5 nitrogen and oxygen atoms in total. The topological polar surface area (TPSA) is 112 Å². The third-order valence-corrected chi connectivity index (χ3v) is 0. The van der Waals surface area contributed by atoms with Crippen molar-refractivity contribution in [2.45, 2.75) is 0 Å². The van der Waals surface area contributed by atoms with Crippen molar-refractivity contribution in [3.8, 4) is 0 Å². The fourth-order valence-corrected chi connectivity index (χ4v) is 0. The molecule has 0 aromatic carbocycles. The van der Waals surface area contributed by atoms with Gasteiger partial charge < -0.3 is 14.6 Å². The minimum atomic E-state index is -5.17. The molecule has 0 rings (SSSR count). The molecule has 0 unspecified atom stereocenters. The molecular formula is H4CaMgO5S. The first kappa shape index (κ1) is 22.5. The van der Waals surface area contributed by atoms with Crippen LogP contribution in [0.4, 0.5) is 0 Å². The Balaban J connectivity index is -0.0000000267. The second kappa shape index (κ2) is 8.86. The Morgan fingerprint density at radius 3 is 1.12 bits per heavy atom. The molecule has 0 spiro atoms. The second-order valence-electron chi connectivity index (χ2n) is 0.408. The van der Waals surface area contributed by atoms with Gasteiger partial charge in [-0.2, -0.15) is 0 Å². The number of hydrogen-bond acceptors (Lipinski definition) is 4. The molecule has 0 aliphatic rings. The van der Waals surface area contributed by atoms with Gasteiger partial charge in [-0.15, -0.1) is 0 Å². The number of rotatable bonds is 0. The van der Waals surface area contributed by atoms with E-state index in [0.29, 0.717) is 0 Å². The van der Waals surface area contributed by atoms with E-state index in [-0.39, 0.29) is 66.3 Å². The second-order valence-corrected chi connectivity index (χ2v) is 1.22. The normalized spacial score (nSPS) is 7.25. The van der Waals surface area contributed by atoms with Gasteiger partial charge in [0.1, 0.15) is 0 Å². The van der Waals surface area contributed by atoms with Crippen LogP contribution in [-0.4, -0.2) is 83.8 Å². The largest absolute Gasteiger partial charge is 2.00 e. The number of hydrogen-bond donors (Lipinski definition) is 0. The summed E-state index contributed by atoms with van der Waals surface area (Å²) in [6.45, 7) is 0. The summed E-state index contributed by atoms with van der Waals surface area (Å²) in [7, 11) is -5.17. The fourth-order valence-electron chi connectivity index (χ4n) is 0. The summed E-state index contributed by atoms with van der Waals surface area (Å²) >= 11 is 0. The summed E-state index contributed by atoms with van der Waals surface area (Å²) in [5.74, 6) is 0. The average Bonchev–Trinajstić information content (AvgIpc) is 0.722. The monoisotopic (exact) mass is 180 g/mol. The summed E-state index contributed by atoms with van der Waals surface area (Å²) in [4.78, 5) is 0. The van der Waals surface area contributed by atoms with Crippen molar-refractivity contribution in [1.29, 1.82) is 0 Å². The smallest absolute Gasteiger partial charge is 2.00 e. The SMILES string of the molecule is O.O=S(=O)([O-])[O-].[CaH2].[Mg+2]. The van der Waals surface area contributed by atoms with Crippen LogP contribution in [0.5, 0.6) is 0 Å². The van der Waals surface area contributed by atoms with Crippen LogP contribution in [0.15, 0.2) is 0 Å². The van der Waals surface area contributed by atoms with Crippen LogP contribution >= 0.6 is 0 Å². The van der Waals surface area contributed by atoms with Gasteiger partial charge in [0.25, 0.3) is 0 Å². The zero-order valence-corrected chi connectivity index (χ0v) is 5.48. The van der Waals surface area contributed by atoms with Gasteiger partial charge in [0, 0.05) is 10.4 Å². The molecule has 0 aliphatic carbocycles. The molecule has 8 heteroatoms. The molecule has 0 fully saturated rings. The Morgan fingerprint density at radius 1 is 1.12 bits per heavy atom. The summed E-state index contributed by atoms with van der Waals surface area (Å²) < 4.78 is 34.1. The Bertz CT molecular complexity index is 95.6. The van der Waals surface area contributed by atoms with Crippen LogP contribution in [0.2, 0.25) is 0 Å². The molecule has 0 aliphatic heterocycles. The molecular weight excluding hydrogens is 176 g/mol. The van der Waals surface area contributed by atoms with Crippen molar-refractivity contribution in [2.24, 2.45) is 0 Å². The van der Waals surface area contributed by atoms with Crippen LogP contribution in [0.3, 0.4) is 0 Å². The third kappa shape index (κ3) is 107. The maximum atomic E-state index is 8.52. The third-order valence-electron chi connectivity index (χ3n) is 0.